The van der Waals surface area contributed by atoms with E-state index in [2.05, 4.69) is 15.7 Å². The Bertz CT molecular complexity index is 1250. The maximum Gasteiger partial charge on any atom is 0.274 e. The van der Waals surface area contributed by atoms with Crippen LogP contribution in [0, 0.1) is 0 Å². The highest BCUT2D eigenvalue weighted by atomic mass is 16.5. The summed E-state index contributed by atoms with van der Waals surface area (Å²) in [5.41, 5.74) is 2.39. The molecule has 3 N–H and O–H groups in total. The van der Waals surface area contributed by atoms with Crippen LogP contribution in [0.4, 0.5) is 11.4 Å². The Morgan fingerprint density at radius 1 is 1.03 bits per heavy atom. The predicted octanol–water partition coefficient (Wildman–Crippen LogP) is 2.54. The third-order valence-corrected chi connectivity index (χ3v) is 6.08. The number of piperidine rings is 1. The van der Waals surface area contributed by atoms with Crippen LogP contribution < -0.4 is 20.3 Å². The van der Waals surface area contributed by atoms with Gasteiger partial charge in [-0.2, -0.15) is 5.10 Å². The summed E-state index contributed by atoms with van der Waals surface area (Å²) >= 11 is 0. The summed E-state index contributed by atoms with van der Waals surface area (Å²) in [6.07, 6.45) is 2.47. The van der Waals surface area contributed by atoms with E-state index in [1.807, 2.05) is 0 Å². The number of rotatable bonds is 8. The Labute approximate surface area is 208 Å². The highest BCUT2D eigenvalue weighted by Gasteiger charge is 2.27. The number of anilines is 2. The maximum atomic E-state index is 13.5. The first-order chi connectivity index (χ1) is 17.5. The number of aromatic nitrogens is 2. The fourth-order valence-electron chi connectivity index (χ4n) is 4.24. The molecule has 10 heteroatoms. The van der Waals surface area contributed by atoms with Crippen molar-refractivity contribution in [3.63, 3.8) is 0 Å². The first-order valence-corrected chi connectivity index (χ1v) is 11.8. The molecule has 0 unspecified atom stereocenters. The largest absolute Gasteiger partial charge is 0.497 e. The van der Waals surface area contributed by atoms with E-state index in [1.165, 1.54) is 11.7 Å². The van der Waals surface area contributed by atoms with E-state index in [1.54, 1.807) is 60.5 Å². The van der Waals surface area contributed by atoms with Crippen molar-refractivity contribution in [1.29, 1.82) is 0 Å². The van der Waals surface area contributed by atoms with Crippen LogP contribution in [0.25, 0.3) is 5.69 Å². The van der Waals surface area contributed by atoms with E-state index in [4.69, 9.17) is 4.74 Å². The number of benzene rings is 2. The van der Waals surface area contributed by atoms with Gasteiger partial charge in [-0.25, -0.2) is 4.68 Å². The minimum atomic E-state index is -0.487. The molecule has 188 valence electrons. The van der Waals surface area contributed by atoms with Crippen LogP contribution in [-0.2, 0) is 11.2 Å². The minimum absolute atomic E-state index is 0.0616. The molecule has 4 rings (SSSR count). The van der Waals surface area contributed by atoms with E-state index in [-0.39, 0.29) is 30.3 Å². The summed E-state index contributed by atoms with van der Waals surface area (Å²) in [4.78, 5) is 40.0. The maximum absolute atomic E-state index is 13.5. The quantitative estimate of drug-likeness (QED) is 0.445. The van der Waals surface area contributed by atoms with Crippen LogP contribution in [-0.4, -0.2) is 59.9 Å². The minimum Gasteiger partial charge on any atom is -0.497 e. The molecular weight excluding hydrogens is 462 g/mol. The molecule has 36 heavy (non-hydrogen) atoms. The third-order valence-electron chi connectivity index (χ3n) is 6.08. The van der Waals surface area contributed by atoms with Crippen LogP contribution in [0.2, 0.25) is 0 Å². The Balaban J connectivity index is 1.68. The highest BCUT2D eigenvalue weighted by Crippen LogP contribution is 2.25. The van der Waals surface area contributed by atoms with Gasteiger partial charge >= 0.3 is 0 Å². The van der Waals surface area contributed by atoms with E-state index in [0.29, 0.717) is 35.7 Å². The van der Waals surface area contributed by atoms with Crippen LogP contribution in [0.15, 0.2) is 48.5 Å². The number of hydrogen-bond donors (Lipinski definition) is 3. The lowest BCUT2D eigenvalue weighted by Crippen LogP contribution is -2.35. The van der Waals surface area contributed by atoms with E-state index >= 15 is 0 Å². The second kappa shape index (κ2) is 11.0. The molecule has 2 aromatic carbocycles. The normalized spacial score (nSPS) is 13.4. The van der Waals surface area contributed by atoms with Crippen molar-refractivity contribution in [3.8, 4) is 11.4 Å². The van der Waals surface area contributed by atoms with E-state index in [0.717, 1.165) is 18.5 Å². The highest BCUT2D eigenvalue weighted by molar-refractivity contribution is 6.07. The summed E-state index contributed by atoms with van der Waals surface area (Å²) in [5, 5.41) is 19.5. The Kier molecular flexibility index (Phi) is 7.65. The number of nitrogens with one attached hydrogen (secondary N) is 2. The average Bonchev–Trinajstić information content (AvgIpc) is 3.28. The van der Waals surface area contributed by atoms with Gasteiger partial charge in [-0.05, 0) is 61.4 Å². The molecule has 0 saturated carbocycles. The molecule has 0 radical (unpaired) electrons. The number of hydrogen-bond acceptors (Lipinski definition) is 6. The SMILES string of the molecule is CNC(=O)c1nn(-c2ccc(OC)cc2)c(C(=O)Nc2ccc(N3CCCCC3=O)cc2)c1CCO. The molecule has 1 saturated heterocycles. The van der Waals surface area contributed by atoms with Crippen molar-refractivity contribution in [2.75, 3.05) is 37.5 Å². The second-order valence-corrected chi connectivity index (χ2v) is 8.34. The molecule has 3 amide bonds. The lowest BCUT2D eigenvalue weighted by atomic mass is 10.1. The Hall–Kier alpha value is -4.18. The molecule has 0 spiro atoms. The zero-order valence-corrected chi connectivity index (χ0v) is 20.3. The Morgan fingerprint density at radius 2 is 1.72 bits per heavy atom. The van der Waals surface area contributed by atoms with Crippen LogP contribution in [0.3, 0.4) is 0 Å². The van der Waals surface area contributed by atoms with Crippen molar-refractivity contribution in [3.05, 3.63) is 65.5 Å². The van der Waals surface area contributed by atoms with Gasteiger partial charge in [0.1, 0.15) is 11.4 Å². The van der Waals surface area contributed by atoms with Gasteiger partial charge in [0.15, 0.2) is 5.69 Å². The Morgan fingerprint density at radius 3 is 2.33 bits per heavy atom. The molecule has 1 aliphatic rings. The number of carbonyl (C=O) groups excluding carboxylic acids is 3. The lowest BCUT2D eigenvalue weighted by Gasteiger charge is -2.26. The number of carbonyl (C=O) groups is 3. The fourth-order valence-corrected chi connectivity index (χ4v) is 4.24. The van der Waals surface area contributed by atoms with Crippen molar-refractivity contribution < 1.29 is 24.2 Å². The molecule has 1 fully saturated rings. The number of nitrogens with zero attached hydrogens (tertiary/aromatic N) is 3. The number of amides is 3. The van der Waals surface area contributed by atoms with Crippen LogP contribution in [0.1, 0.15) is 45.8 Å². The number of aliphatic hydroxyl groups is 1. The number of aliphatic hydroxyl groups excluding tert-OH is 1. The summed E-state index contributed by atoms with van der Waals surface area (Å²) in [6.45, 7) is 0.412. The molecule has 0 aliphatic carbocycles. The summed E-state index contributed by atoms with van der Waals surface area (Å²) < 4.78 is 6.61. The number of ether oxygens (including phenoxy) is 1. The smallest absolute Gasteiger partial charge is 0.274 e. The summed E-state index contributed by atoms with van der Waals surface area (Å²) in [7, 11) is 3.03. The van der Waals surface area contributed by atoms with Crippen molar-refractivity contribution in [1.82, 2.24) is 15.1 Å². The monoisotopic (exact) mass is 491 g/mol. The van der Waals surface area contributed by atoms with Crippen LogP contribution >= 0.6 is 0 Å². The fraction of sp³-hybridized carbons (Fsp3) is 0.308. The summed E-state index contributed by atoms with van der Waals surface area (Å²) in [5.74, 6) is -0.225. The van der Waals surface area contributed by atoms with Crippen molar-refractivity contribution in [2.45, 2.75) is 25.7 Å². The zero-order valence-electron chi connectivity index (χ0n) is 20.3. The standard InChI is InChI=1S/C26H29N5O5/c1-27-25(34)23-21(14-16-32)24(31(29-23)19-10-12-20(36-2)13-11-19)26(35)28-17-6-8-18(9-7-17)30-15-4-3-5-22(30)33/h6-13,32H,3-5,14-16H2,1-2H3,(H,27,34)(H,28,35). The van der Waals surface area contributed by atoms with Gasteiger partial charge in [0.25, 0.3) is 11.8 Å². The predicted molar refractivity (Wildman–Crippen MR) is 135 cm³/mol. The van der Waals surface area contributed by atoms with Crippen molar-refractivity contribution in [2.24, 2.45) is 0 Å². The molecule has 0 atom stereocenters. The van der Waals surface area contributed by atoms with E-state index < -0.39 is 11.8 Å². The summed E-state index contributed by atoms with van der Waals surface area (Å²) in [6, 6.07) is 14.0. The topological polar surface area (TPSA) is 126 Å². The first kappa shape index (κ1) is 24.9. The van der Waals surface area contributed by atoms with Gasteiger partial charge in [0.05, 0.1) is 12.8 Å². The number of methoxy groups -OCH3 is 1. The van der Waals surface area contributed by atoms with Crippen LogP contribution in [0.5, 0.6) is 5.75 Å². The van der Waals surface area contributed by atoms with E-state index in [9.17, 15) is 19.5 Å². The first-order valence-electron chi connectivity index (χ1n) is 11.8. The molecule has 2 heterocycles. The molecule has 3 aromatic rings. The zero-order chi connectivity index (χ0) is 25.7. The van der Waals surface area contributed by atoms with Gasteiger partial charge < -0.3 is 25.4 Å². The van der Waals surface area contributed by atoms with Gasteiger partial charge in [-0.1, -0.05) is 0 Å². The third kappa shape index (κ3) is 5.08. The van der Waals surface area contributed by atoms with Gasteiger partial charge in [0, 0.05) is 50.0 Å². The lowest BCUT2D eigenvalue weighted by molar-refractivity contribution is -0.119. The molecule has 1 aliphatic heterocycles. The average molecular weight is 492 g/mol. The van der Waals surface area contributed by atoms with Gasteiger partial charge in [0.2, 0.25) is 5.91 Å². The molecule has 10 nitrogen and oxygen atoms in total. The van der Waals surface area contributed by atoms with Crippen molar-refractivity contribution >= 4 is 29.1 Å². The second-order valence-electron chi connectivity index (χ2n) is 8.34. The molecular formula is C26H29N5O5. The van der Waals surface area contributed by atoms with Gasteiger partial charge in [-0.3, -0.25) is 14.4 Å². The molecule has 0 bridgehead atoms. The molecule has 1 aromatic heterocycles. The van der Waals surface area contributed by atoms with Gasteiger partial charge in [-0.15, -0.1) is 0 Å².